The number of nitrogens with one attached hydrogen (secondary N) is 1. The summed E-state index contributed by atoms with van der Waals surface area (Å²) < 4.78 is 5.86. The van der Waals surface area contributed by atoms with Gasteiger partial charge in [0.2, 0.25) is 5.88 Å². The first-order valence-corrected chi connectivity index (χ1v) is 7.16. The molecule has 0 saturated carbocycles. The maximum Gasteiger partial charge on any atom is 0.241 e. The molecule has 0 radical (unpaired) electrons. The molecule has 0 bridgehead atoms. The molecule has 4 nitrogen and oxygen atoms in total. The van der Waals surface area contributed by atoms with Crippen LogP contribution in [0.25, 0.3) is 0 Å². The zero-order valence-electron chi connectivity index (χ0n) is 11.1. The summed E-state index contributed by atoms with van der Waals surface area (Å²) in [7, 11) is 0. The van der Waals surface area contributed by atoms with E-state index in [-0.39, 0.29) is 0 Å². The van der Waals surface area contributed by atoms with Gasteiger partial charge in [-0.1, -0.05) is 23.7 Å². The van der Waals surface area contributed by atoms with Crippen LogP contribution in [-0.4, -0.2) is 23.1 Å². The fourth-order valence-electron chi connectivity index (χ4n) is 2.41. The Kier molecular flexibility index (Phi) is 4.14. The minimum Gasteiger partial charge on any atom is -0.436 e. The van der Waals surface area contributed by atoms with Gasteiger partial charge >= 0.3 is 0 Å². The van der Waals surface area contributed by atoms with Crippen LogP contribution in [-0.2, 0) is 0 Å². The summed E-state index contributed by atoms with van der Waals surface area (Å²) in [5.74, 6) is 1.50. The number of aromatic nitrogens is 2. The first kappa shape index (κ1) is 13.3. The van der Waals surface area contributed by atoms with Crippen molar-refractivity contribution in [1.82, 2.24) is 15.3 Å². The molecule has 1 atom stereocenters. The highest BCUT2D eigenvalue weighted by Gasteiger charge is 2.21. The molecule has 1 N–H and O–H groups in total. The molecule has 2 heterocycles. The van der Waals surface area contributed by atoms with E-state index in [1.807, 2.05) is 18.2 Å². The third-order valence-corrected chi connectivity index (χ3v) is 3.73. The van der Waals surface area contributed by atoms with Crippen LogP contribution in [0.3, 0.4) is 0 Å². The Bertz CT molecular complexity index is 585. The van der Waals surface area contributed by atoms with Crippen LogP contribution in [0, 0.1) is 0 Å². The quantitative estimate of drug-likeness (QED) is 0.941. The summed E-state index contributed by atoms with van der Waals surface area (Å²) in [5.41, 5.74) is 0.902. The van der Waals surface area contributed by atoms with E-state index in [9.17, 15) is 0 Å². The lowest BCUT2D eigenvalue weighted by molar-refractivity contribution is 0.411. The van der Waals surface area contributed by atoms with Crippen molar-refractivity contribution in [2.45, 2.75) is 18.8 Å². The van der Waals surface area contributed by atoms with Gasteiger partial charge in [-0.3, -0.25) is 4.98 Å². The molecule has 0 amide bonds. The summed E-state index contributed by atoms with van der Waals surface area (Å²) in [6.07, 6.45) is 5.60. The number of hydrogen-bond donors (Lipinski definition) is 1. The molecule has 1 aliphatic heterocycles. The zero-order chi connectivity index (χ0) is 13.8. The van der Waals surface area contributed by atoms with Gasteiger partial charge in [-0.05, 0) is 31.5 Å². The molecule has 2 aromatic rings. The largest absolute Gasteiger partial charge is 0.436 e. The topological polar surface area (TPSA) is 47.0 Å². The van der Waals surface area contributed by atoms with Crippen molar-refractivity contribution in [3.63, 3.8) is 0 Å². The van der Waals surface area contributed by atoms with Crippen LogP contribution < -0.4 is 10.1 Å². The van der Waals surface area contributed by atoms with Gasteiger partial charge in [0.05, 0.1) is 5.02 Å². The molecule has 20 heavy (non-hydrogen) atoms. The van der Waals surface area contributed by atoms with Crippen molar-refractivity contribution in [3.05, 3.63) is 47.4 Å². The number of ether oxygens (including phenoxy) is 1. The monoisotopic (exact) mass is 289 g/mol. The second-order valence-electron chi connectivity index (χ2n) is 4.82. The molecule has 3 rings (SSSR count). The number of para-hydroxylation sites is 1. The summed E-state index contributed by atoms with van der Waals surface area (Å²) in [5, 5.41) is 3.96. The van der Waals surface area contributed by atoms with E-state index in [0.717, 1.165) is 31.6 Å². The first-order chi connectivity index (χ1) is 9.84. The standard InChI is InChI=1S/C15H16ClN3O/c16-12-5-1-2-6-13(12)20-15-14(18-8-9-19-15)11-4-3-7-17-10-11/h1-2,5-6,8-9,11,17H,3-4,7,10H2. The van der Waals surface area contributed by atoms with E-state index in [4.69, 9.17) is 16.3 Å². The predicted octanol–water partition coefficient (Wildman–Crippen LogP) is 3.39. The van der Waals surface area contributed by atoms with Gasteiger partial charge < -0.3 is 10.1 Å². The number of benzene rings is 1. The summed E-state index contributed by atoms with van der Waals surface area (Å²) in [6.45, 7) is 1.98. The van der Waals surface area contributed by atoms with Gasteiger partial charge in [-0.25, -0.2) is 4.98 Å². The maximum atomic E-state index is 6.13. The van der Waals surface area contributed by atoms with Crippen LogP contribution in [0.1, 0.15) is 24.5 Å². The van der Waals surface area contributed by atoms with Crippen molar-refractivity contribution in [3.8, 4) is 11.6 Å². The van der Waals surface area contributed by atoms with Crippen LogP contribution in [0.2, 0.25) is 5.02 Å². The molecular weight excluding hydrogens is 274 g/mol. The maximum absolute atomic E-state index is 6.13. The Morgan fingerprint density at radius 2 is 2.05 bits per heavy atom. The summed E-state index contributed by atoms with van der Waals surface area (Å²) in [4.78, 5) is 8.78. The molecule has 1 aromatic carbocycles. The third kappa shape index (κ3) is 2.92. The van der Waals surface area contributed by atoms with E-state index in [1.165, 1.54) is 0 Å². The minimum absolute atomic E-state index is 0.343. The SMILES string of the molecule is Clc1ccccc1Oc1nccnc1C1CCCNC1. The Morgan fingerprint density at radius 3 is 2.85 bits per heavy atom. The van der Waals surface area contributed by atoms with Crippen LogP contribution in [0.15, 0.2) is 36.7 Å². The number of hydrogen-bond acceptors (Lipinski definition) is 4. The molecule has 0 spiro atoms. The second kappa shape index (κ2) is 6.20. The number of piperidine rings is 1. The average Bonchev–Trinajstić information content (AvgIpc) is 2.51. The van der Waals surface area contributed by atoms with Crippen molar-refractivity contribution >= 4 is 11.6 Å². The van der Waals surface area contributed by atoms with Gasteiger partial charge in [0.1, 0.15) is 11.4 Å². The van der Waals surface area contributed by atoms with Gasteiger partial charge in [0, 0.05) is 24.9 Å². The molecule has 104 valence electrons. The smallest absolute Gasteiger partial charge is 0.241 e. The fourth-order valence-corrected chi connectivity index (χ4v) is 2.59. The number of nitrogens with zero attached hydrogens (tertiary/aromatic N) is 2. The summed E-state index contributed by atoms with van der Waals surface area (Å²) in [6, 6.07) is 7.40. The number of halogens is 1. The molecule has 1 saturated heterocycles. The highest BCUT2D eigenvalue weighted by Crippen LogP contribution is 2.33. The van der Waals surface area contributed by atoms with Crippen LogP contribution >= 0.6 is 11.6 Å². The van der Waals surface area contributed by atoms with Crippen LogP contribution in [0.4, 0.5) is 0 Å². The molecular formula is C15H16ClN3O. The van der Waals surface area contributed by atoms with Crippen molar-refractivity contribution in [2.75, 3.05) is 13.1 Å². The lowest BCUT2D eigenvalue weighted by Crippen LogP contribution is -2.29. The fraction of sp³-hybridized carbons (Fsp3) is 0.333. The lowest BCUT2D eigenvalue weighted by atomic mass is 9.96. The Hall–Kier alpha value is -1.65. The van der Waals surface area contributed by atoms with Gasteiger partial charge in [-0.2, -0.15) is 0 Å². The molecule has 1 unspecified atom stereocenters. The van der Waals surface area contributed by atoms with Crippen molar-refractivity contribution < 1.29 is 4.74 Å². The molecule has 1 aliphatic rings. The van der Waals surface area contributed by atoms with E-state index in [1.54, 1.807) is 18.5 Å². The van der Waals surface area contributed by atoms with Crippen molar-refractivity contribution in [2.24, 2.45) is 0 Å². The zero-order valence-corrected chi connectivity index (χ0v) is 11.8. The van der Waals surface area contributed by atoms with Gasteiger partial charge in [0.15, 0.2) is 0 Å². The van der Waals surface area contributed by atoms with Crippen molar-refractivity contribution in [1.29, 1.82) is 0 Å². The Labute approximate surface area is 123 Å². The van der Waals surface area contributed by atoms with Gasteiger partial charge in [-0.15, -0.1) is 0 Å². The van der Waals surface area contributed by atoms with Gasteiger partial charge in [0.25, 0.3) is 0 Å². The highest BCUT2D eigenvalue weighted by molar-refractivity contribution is 6.32. The van der Waals surface area contributed by atoms with E-state index in [2.05, 4.69) is 15.3 Å². The lowest BCUT2D eigenvalue weighted by Gasteiger charge is -2.23. The molecule has 1 fully saturated rings. The summed E-state index contributed by atoms with van der Waals surface area (Å²) >= 11 is 6.13. The average molecular weight is 290 g/mol. The molecule has 5 heteroatoms. The first-order valence-electron chi connectivity index (χ1n) is 6.78. The van der Waals surface area contributed by atoms with E-state index >= 15 is 0 Å². The van der Waals surface area contributed by atoms with E-state index < -0.39 is 0 Å². The third-order valence-electron chi connectivity index (χ3n) is 3.42. The van der Waals surface area contributed by atoms with E-state index in [0.29, 0.717) is 22.6 Å². The molecule has 1 aromatic heterocycles. The Balaban J connectivity index is 1.88. The van der Waals surface area contributed by atoms with Crippen LogP contribution in [0.5, 0.6) is 11.6 Å². The highest BCUT2D eigenvalue weighted by atomic mass is 35.5. The molecule has 0 aliphatic carbocycles. The number of rotatable bonds is 3. The second-order valence-corrected chi connectivity index (χ2v) is 5.23. The Morgan fingerprint density at radius 1 is 1.20 bits per heavy atom. The predicted molar refractivity (Wildman–Crippen MR) is 78.4 cm³/mol. The normalized spacial score (nSPS) is 18.8. The minimum atomic E-state index is 0.343.